The Morgan fingerprint density at radius 3 is 2.45 bits per heavy atom. The van der Waals surface area contributed by atoms with Crippen LogP contribution in [0.15, 0.2) is 96.2 Å². The molecule has 38 heavy (non-hydrogen) atoms. The molecule has 1 aliphatic rings. The van der Waals surface area contributed by atoms with E-state index >= 15 is 0 Å². The minimum absolute atomic E-state index is 0.0533. The molecule has 0 bridgehead atoms. The normalized spacial score (nSPS) is 12.3. The SMILES string of the molecule is O=C(Nc1ccc(S(=O)(=O)[N-]c2ncccn2)cc1)c1cc(-c2ccc3c(c2)OCO3)nc2ccccc12. The minimum Gasteiger partial charge on any atom is -0.454 e. The lowest BCUT2D eigenvalue weighted by Crippen LogP contribution is -2.13. The lowest BCUT2D eigenvalue weighted by atomic mass is 10.0. The van der Waals surface area contributed by atoms with Crippen molar-refractivity contribution in [1.82, 2.24) is 15.0 Å². The molecule has 188 valence electrons. The van der Waals surface area contributed by atoms with Crippen molar-refractivity contribution < 1.29 is 22.7 Å². The fourth-order valence-electron chi connectivity index (χ4n) is 3.97. The number of sulfonamides is 1. The molecule has 6 rings (SSSR count). The Balaban J connectivity index is 1.28. The molecule has 1 N–H and O–H groups in total. The van der Waals surface area contributed by atoms with E-state index in [1.165, 1.54) is 36.7 Å². The van der Waals surface area contributed by atoms with Crippen LogP contribution in [0, 0.1) is 0 Å². The van der Waals surface area contributed by atoms with Crippen LogP contribution in [0.25, 0.3) is 26.9 Å². The summed E-state index contributed by atoms with van der Waals surface area (Å²) in [4.78, 5) is 25.7. The number of rotatable bonds is 6. The van der Waals surface area contributed by atoms with Gasteiger partial charge in [0.05, 0.1) is 21.7 Å². The van der Waals surface area contributed by atoms with Crippen LogP contribution < -0.4 is 14.8 Å². The van der Waals surface area contributed by atoms with E-state index in [1.807, 2.05) is 36.4 Å². The van der Waals surface area contributed by atoms with Gasteiger partial charge in [-0.05, 0) is 67.0 Å². The van der Waals surface area contributed by atoms with Crippen LogP contribution in [-0.4, -0.2) is 36.1 Å². The molecule has 0 aliphatic carbocycles. The average Bonchev–Trinajstić information content (AvgIpc) is 3.41. The van der Waals surface area contributed by atoms with Gasteiger partial charge in [-0.3, -0.25) is 9.52 Å². The first-order valence-electron chi connectivity index (χ1n) is 11.4. The summed E-state index contributed by atoms with van der Waals surface area (Å²) in [5, 5.41) is 3.51. The van der Waals surface area contributed by atoms with Crippen LogP contribution >= 0.6 is 0 Å². The number of benzene rings is 3. The number of amides is 1. The Morgan fingerprint density at radius 1 is 0.868 bits per heavy atom. The minimum atomic E-state index is -4.02. The predicted octanol–water partition coefficient (Wildman–Crippen LogP) is 5.07. The summed E-state index contributed by atoms with van der Waals surface area (Å²) < 4.78 is 39.7. The largest absolute Gasteiger partial charge is 0.454 e. The van der Waals surface area contributed by atoms with Crippen LogP contribution in [-0.2, 0) is 10.0 Å². The van der Waals surface area contributed by atoms with Gasteiger partial charge in [0.25, 0.3) is 5.91 Å². The number of nitrogens with zero attached hydrogens (tertiary/aromatic N) is 4. The van der Waals surface area contributed by atoms with Crippen molar-refractivity contribution in [3.8, 4) is 22.8 Å². The molecule has 11 heteroatoms. The second-order valence-corrected chi connectivity index (χ2v) is 9.84. The van der Waals surface area contributed by atoms with E-state index < -0.39 is 10.0 Å². The molecule has 0 atom stereocenters. The molecule has 10 nitrogen and oxygen atoms in total. The number of hydrogen-bond acceptors (Lipinski definition) is 8. The zero-order valence-electron chi connectivity index (χ0n) is 19.6. The van der Waals surface area contributed by atoms with Gasteiger partial charge in [0.2, 0.25) is 16.8 Å². The first-order chi connectivity index (χ1) is 18.5. The van der Waals surface area contributed by atoms with Gasteiger partial charge in [0, 0.05) is 22.6 Å². The summed E-state index contributed by atoms with van der Waals surface area (Å²) in [6, 6.07) is 21.8. The summed E-state index contributed by atoms with van der Waals surface area (Å²) in [5.41, 5.74) is 2.85. The fraction of sp³-hybridized carbons (Fsp3) is 0.0370. The van der Waals surface area contributed by atoms with Gasteiger partial charge in [0.15, 0.2) is 11.5 Å². The summed E-state index contributed by atoms with van der Waals surface area (Å²) in [6.45, 7) is 0.159. The van der Waals surface area contributed by atoms with Crippen LogP contribution in [0.3, 0.4) is 0 Å². The van der Waals surface area contributed by atoms with Crippen molar-refractivity contribution in [1.29, 1.82) is 0 Å². The number of ether oxygens (including phenoxy) is 2. The standard InChI is InChI=1S/C27H19N5O5S/c33-26(30-18-7-9-19(10-8-18)38(34,35)32-27-28-12-3-13-29-27)21-15-23(31-22-5-2-1-4-20(21)22)17-6-11-24-25(14-17)37-16-36-24/h1-15H,16H2,(H2,28,29,30,32,33)/p-1. The molecule has 0 saturated heterocycles. The third-order valence-corrected chi connectivity index (χ3v) is 7.06. The Morgan fingerprint density at radius 2 is 1.63 bits per heavy atom. The summed E-state index contributed by atoms with van der Waals surface area (Å²) in [7, 11) is -4.02. The zero-order chi connectivity index (χ0) is 26.1. The summed E-state index contributed by atoms with van der Waals surface area (Å²) in [5.74, 6) is 0.738. The molecule has 5 aromatic rings. The Labute approximate surface area is 217 Å². The predicted molar refractivity (Wildman–Crippen MR) is 140 cm³/mol. The van der Waals surface area contributed by atoms with Crippen molar-refractivity contribution in [2.45, 2.75) is 4.90 Å². The molecule has 1 aliphatic heterocycles. The van der Waals surface area contributed by atoms with Crippen molar-refractivity contribution in [2.24, 2.45) is 0 Å². The molecular formula is C27H18N5O5S-. The molecule has 0 saturated carbocycles. The van der Waals surface area contributed by atoms with E-state index in [2.05, 4.69) is 20.0 Å². The molecule has 3 heterocycles. The van der Waals surface area contributed by atoms with Crippen molar-refractivity contribution in [3.05, 3.63) is 102 Å². The third-order valence-electron chi connectivity index (χ3n) is 5.79. The van der Waals surface area contributed by atoms with Gasteiger partial charge in [-0.1, -0.05) is 24.3 Å². The zero-order valence-corrected chi connectivity index (χ0v) is 20.4. The monoisotopic (exact) mass is 524 g/mol. The summed E-state index contributed by atoms with van der Waals surface area (Å²) in [6.07, 6.45) is 2.81. The lowest BCUT2D eigenvalue weighted by molar-refractivity contribution is 0.102. The number of para-hydroxylation sites is 1. The number of nitrogens with one attached hydrogen (secondary N) is 1. The Kier molecular flexibility index (Phi) is 5.81. The van der Waals surface area contributed by atoms with Crippen LogP contribution in [0.1, 0.15) is 10.4 Å². The van der Waals surface area contributed by atoms with Crippen molar-refractivity contribution in [3.63, 3.8) is 0 Å². The number of aromatic nitrogens is 3. The van der Waals surface area contributed by atoms with Gasteiger partial charge < -0.3 is 24.8 Å². The van der Waals surface area contributed by atoms with Crippen molar-refractivity contribution in [2.75, 3.05) is 12.1 Å². The van der Waals surface area contributed by atoms with Gasteiger partial charge in [-0.15, -0.1) is 0 Å². The maximum Gasteiger partial charge on any atom is 0.256 e. The summed E-state index contributed by atoms with van der Waals surface area (Å²) >= 11 is 0. The van der Waals surface area contributed by atoms with E-state index in [-0.39, 0.29) is 23.5 Å². The maximum absolute atomic E-state index is 13.4. The Hall–Kier alpha value is -5.03. The number of hydrogen-bond donors (Lipinski definition) is 1. The quantitative estimate of drug-likeness (QED) is 0.325. The molecule has 1 amide bonds. The van der Waals surface area contributed by atoms with Crippen LogP contribution in [0.5, 0.6) is 11.5 Å². The van der Waals surface area contributed by atoms with Crippen LogP contribution in [0.2, 0.25) is 0 Å². The fourth-order valence-corrected chi connectivity index (χ4v) is 4.87. The van der Waals surface area contributed by atoms with Gasteiger partial charge >= 0.3 is 0 Å². The number of carbonyl (C=O) groups is 1. The van der Waals surface area contributed by atoms with Crippen molar-refractivity contribution >= 4 is 38.5 Å². The molecule has 0 unspecified atom stereocenters. The highest BCUT2D eigenvalue weighted by Gasteiger charge is 2.18. The highest BCUT2D eigenvalue weighted by atomic mass is 32.2. The maximum atomic E-state index is 13.4. The number of fused-ring (bicyclic) bond motifs is 2. The topological polar surface area (TPSA) is 134 Å². The second kappa shape index (κ2) is 9.45. The highest BCUT2D eigenvalue weighted by molar-refractivity contribution is 7.94. The smallest absolute Gasteiger partial charge is 0.256 e. The number of carbonyl (C=O) groups excluding carboxylic acids is 1. The van der Waals surface area contributed by atoms with E-state index in [1.54, 1.807) is 18.2 Å². The first kappa shape index (κ1) is 23.4. The molecule has 0 fully saturated rings. The second-order valence-electron chi connectivity index (χ2n) is 8.23. The molecule has 3 aromatic carbocycles. The number of anilines is 1. The van der Waals surface area contributed by atoms with E-state index in [9.17, 15) is 13.2 Å². The Bertz CT molecular complexity index is 1780. The van der Waals surface area contributed by atoms with E-state index in [0.717, 1.165) is 5.56 Å². The van der Waals surface area contributed by atoms with Gasteiger partial charge in [0.1, 0.15) is 0 Å². The first-order valence-corrected chi connectivity index (χ1v) is 12.9. The molecular weight excluding hydrogens is 506 g/mol. The number of pyridine rings is 1. The van der Waals surface area contributed by atoms with E-state index in [4.69, 9.17) is 14.5 Å². The van der Waals surface area contributed by atoms with E-state index in [0.29, 0.717) is 39.3 Å². The molecule has 0 spiro atoms. The third kappa shape index (κ3) is 4.58. The van der Waals surface area contributed by atoms with Gasteiger partial charge in [-0.2, -0.15) is 0 Å². The average molecular weight is 525 g/mol. The highest BCUT2D eigenvalue weighted by Crippen LogP contribution is 2.36. The molecule has 0 radical (unpaired) electrons. The van der Waals surface area contributed by atoms with Gasteiger partial charge in [-0.25, -0.2) is 13.4 Å². The lowest BCUT2D eigenvalue weighted by Gasteiger charge is -2.13. The molecule has 2 aromatic heterocycles. The van der Waals surface area contributed by atoms with Crippen LogP contribution in [0.4, 0.5) is 11.6 Å².